The lowest BCUT2D eigenvalue weighted by Crippen LogP contribution is -2.44. The van der Waals surface area contributed by atoms with Crippen LogP contribution in [0.3, 0.4) is 0 Å². The van der Waals surface area contributed by atoms with Gasteiger partial charge in [0.1, 0.15) is 24.0 Å². The van der Waals surface area contributed by atoms with Crippen LogP contribution in [-0.4, -0.2) is 40.4 Å². The second-order valence-corrected chi connectivity index (χ2v) is 10.8. The van der Waals surface area contributed by atoms with E-state index in [9.17, 15) is 14.0 Å². The predicted octanol–water partition coefficient (Wildman–Crippen LogP) is 5.28. The summed E-state index contributed by atoms with van der Waals surface area (Å²) in [5.74, 6) is -1.44. The Morgan fingerprint density at radius 3 is 2.53 bits per heavy atom. The van der Waals surface area contributed by atoms with Gasteiger partial charge in [0.25, 0.3) is 0 Å². The Morgan fingerprint density at radius 2 is 1.89 bits per heavy atom. The van der Waals surface area contributed by atoms with Crippen molar-refractivity contribution in [1.29, 1.82) is 0 Å². The topological polar surface area (TPSA) is 67.2 Å². The van der Waals surface area contributed by atoms with Crippen LogP contribution in [0.5, 0.6) is 0 Å². The molecule has 9 heteroatoms. The molecule has 1 unspecified atom stereocenters. The van der Waals surface area contributed by atoms with Gasteiger partial charge >= 0.3 is 0 Å². The number of anilines is 1. The highest BCUT2D eigenvalue weighted by Gasteiger charge is 2.40. The fourth-order valence-electron chi connectivity index (χ4n) is 4.22. The molecule has 0 aliphatic carbocycles. The Kier molecular flexibility index (Phi) is 7.49. The van der Waals surface area contributed by atoms with Crippen molar-refractivity contribution >= 4 is 29.4 Å². The first-order chi connectivity index (χ1) is 17.1. The maximum absolute atomic E-state index is 15.1. The van der Waals surface area contributed by atoms with Gasteiger partial charge in [0.15, 0.2) is 0 Å². The fourth-order valence-corrected chi connectivity index (χ4v) is 5.44. The van der Waals surface area contributed by atoms with Gasteiger partial charge in [-0.05, 0) is 33.3 Å². The predicted molar refractivity (Wildman–Crippen MR) is 139 cm³/mol. The summed E-state index contributed by atoms with van der Waals surface area (Å²) in [6.07, 6.45) is 0.769. The smallest absolute Gasteiger partial charge is 0.240 e. The summed E-state index contributed by atoms with van der Waals surface area (Å²) in [5, 5.41) is 7.13. The molecule has 190 valence electrons. The van der Waals surface area contributed by atoms with Crippen molar-refractivity contribution in [3.05, 3.63) is 71.3 Å². The first kappa shape index (κ1) is 25.9. The normalized spacial score (nSPS) is 16.0. The number of fused-ring (bicyclic) bond motifs is 1. The number of hydrogen-bond acceptors (Lipinski definition) is 4. The number of halogens is 2. The molecule has 1 aromatic heterocycles. The zero-order valence-corrected chi connectivity index (χ0v) is 21.7. The minimum Gasteiger partial charge on any atom is -0.355 e. The highest BCUT2D eigenvalue weighted by Crippen LogP contribution is 2.49. The molecule has 6 nitrogen and oxygen atoms in total. The molecule has 4 rings (SSSR count). The van der Waals surface area contributed by atoms with E-state index in [4.69, 9.17) is 5.10 Å². The van der Waals surface area contributed by atoms with Crippen molar-refractivity contribution < 1.29 is 18.4 Å². The molecule has 0 fully saturated rings. The molecular formula is C27H30F2N4O2S. The number of nitrogens with zero attached hydrogens (tertiary/aromatic N) is 3. The number of thioether (sulfide) groups is 1. The SMILES string of the molecule is CCCNC(=O)CN1C(=O)CSC(c2ccc(F)cc2F)c2c(-c3ccccc3)nn(C(C)(C)C)c21. The molecule has 0 saturated carbocycles. The van der Waals surface area contributed by atoms with E-state index < -0.39 is 22.4 Å². The first-order valence-electron chi connectivity index (χ1n) is 11.9. The Morgan fingerprint density at radius 1 is 1.17 bits per heavy atom. The summed E-state index contributed by atoms with van der Waals surface area (Å²) in [6, 6.07) is 13.0. The lowest BCUT2D eigenvalue weighted by Gasteiger charge is -2.28. The van der Waals surface area contributed by atoms with Gasteiger partial charge in [0.05, 0.1) is 22.2 Å². The van der Waals surface area contributed by atoms with Crippen LogP contribution in [0, 0.1) is 11.6 Å². The Labute approximate surface area is 214 Å². The van der Waals surface area contributed by atoms with Crippen molar-refractivity contribution in [2.24, 2.45) is 0 Å². The molecule has 0 radical (unpaired) electrons. The molecule has 3 aromatic rings. The number of aromatic nitrogens is 2. The largest absolute Gasteiger partial charge is 0.355 e. The van der Waals surface area contributed by atoms with Crippen LogP contribution in [0.15, 0.2) is 48.5 Å². The van der Waals surface area contributed by atoms with Crippen LogP contribution >= 0.6 is 11.8 Å². The Hall–Kier alpha value is -3.20. The maximum Gasteiger partial charge on any atom is 0.240 e. The number of nitrogens with one attached hydrogen (secondary N) is 1. The maximum atomic E-state index is 15.1. The third-order valence-electron chi connectivity index (χ3n) is 5.89. The molecule has 0 saturated heterocycles. The second-order valence-electron chi connectivity index (χ2n) is 9.72. The molecule has 0 bridgehead atoms. The van der Waals surface area contributed by atoms with Crippen molar-refractivity contribution in [1.82, 2.24) is 15.1 Å². The molecular weight excluding hydrogens is 482 g/mol. The summed E-state index contributed by atoms with van der Waals surface area (Å²) in [4.78, 5) is 27.7. The molecule has 2 aromatic carbocycles. The number of carbonyl (C=O) groups is 2. The van der Waals surface area contributed by atoms with E-state index >= 15 is 4.39 Å². The minimum atomic E-state index is -0.692. The second kappa shape index (κ2) is 10.4. The molecule has 36 heavy (non-hydrogen) atoms. The number of carbonyl (C=O) groups excluding carboxylic acids is 2. The molecule has 0 spiro atoms. The summed E-state index contributed by atoms with van der Waals surface area (Å²) in [6.45, 7) is 8.15. The number of amides is 2. The van der Waals surface area contributed by atoms with Gasteiger partial charge in [-0.25, -0.2) is 13.5 Å². The van der Waals surface area contributed by atoms with E-state index in [1.807, 2.05) is 58.0 Å². The quantitative estimate of drug-likeness (QED) is 0.488. The highest BCUT2D eigenvalue weighted by molar-refractivity contribution is 8.00. The minimum absolute atomic E-state index is 0.0234. The summed E-state index contributed by atoms with van der Waals surface area (Å²) >= 11 is 1.25. The zero-order valence-electron chi connectivity index (χ0n) is 20.8. The van der Waals surface area contributed by atoms with Gasteiger partial charge in [-0.15, -0.1) is 11.8 Å². The van der Waals surface area contributed by atoms with Gasteiger partial charge in [0.2, 0.25) is 11.8 Å². The summed E-state index contributed by atoms with van der Waals surface area (Å²) < 4.78 is 30.7. The van der Waals surface area contributed by atoms with E-state index in [0.29, 0.717) is 23.6 Å². The molecule has 2 heterocycles. The van der Waals surface area contributed by atoms with E-state index in [1.165, 1.54) is 28.8 Å². The standard InChI is InChI=1S/C27H30F2N4O2S/c1-5-13-30-21(34)15-32-22(35)16-36-25(19-12-11-18(28)14-20(19)29)23-24(17-9-7-6-8-10-17)31-33(26(23)32)27(2,3)4/h6-12,14,25H,5,13,15-16H2,1-4H3,(H,30,34). The number of hydrogen-bond donors (Lipinski definition) is 1. The van der Waals surface area contributed by atoms with E-state index in [2.05, 4.69) is 5.32 Å². The fraction of sp³-hybridized carbons (Fsp3) is 0.370. The lowest BCUT2D eigenvalue weighted by molar-refractivity contribution is -0.122. The highest BCUT2D eigenvalue weighted by atomic mass is 32.2. The van der Waals surface area contributed by atoms with Crippen molar-refractivity contribution in [3.8, 4) is 11.3 Å². The van der Waals surface area contributed by atoms with Crippen LogP contribution in [0.25, 0.3) is 11.3 Å². The van der Waals surface area contributed by atoms with Crippen LogP contribution < -0.4 is 10.2 Å². The van der Waals surface area contributed by atoms with Crippen LogP contribution in [0.4, 0.5) is 14.6 Å². The van der Waals surface area contributed by atoms with Crippen LogP contribution in [0.1, 0.15) is 50.5 Å². The zero-order chi connectivity index (χ0) is 26.0. The van der Waals surface area contributed by atoms with E-state index in [0.717, 1.165) is 18.1 Å². The van der Waals surface area contributed by atoms with Gasteiger partial charge < -0.3 is 5.32 Å². The average molecular weight is 513 g/mol. The van der Waals surface area contributed by atoms with Gasteiger partial charge in [0, 0.05) is 29.3 Å². The van der Waals surface area contributed by atoms with Crippen LogP contribution in [-0.2, 0) is 15.1 Å². The number of rotatable bonds is 6. The third-order valence-corrected chi connectivity index (χ3v) is 7.13. The van der Waals surface area contributed by atoms with Gasteiger partial charge in [-0.3, -0.25) is 14.5 Å². The molecule has 2 amide bonds. The van der Waals surface area contributed by atoms with E-state index in [1.54, 1.807) is 4.68 Å². The average Bonchev–Trinajstić information content (AvgIpc) is 3.18. The monoisotopic (exact) mass is 512 g/mol. The van der Waals surface area contributed by atoms with Crippen molar-refractivity contribution in [3.63, 3.8) is 0 Å². The summed E-state index contributed by atoms with van der Waals surface area (Å²) in [5.41, 5.74) is 1.72. The number of benzene rings is 2. The molecule has 1 aliphatic heterocycles. The third kappa shape index (κ3) is 5.16. The van der Waals surface area contributed by atoms with Crippen molar-refractivity contribution in [2.75, 3.05) is 23.7 Å². The molecule has 1 aliphatic rings. The van der Waals surface area contributed by atoms with Crippen molar-refractivity contribution in [2.45, 2.75) is 44.9 Å². The van der Waals surface area contributed by atoms with Crippen LogP contribution in [0.2, 0.25) is 0 Å². The van der Waals surface area contributed by atoms with Gasteiger partial charge in [-0.1, -0.05) is 43.3 Å². The molecule has 1 N–H and O–H groups in total. The lowest BCUT2D eigenvalue weighted by atomic mass is 9.98. The Bertz CT molecular complexity index is 1270. The Balaban J connectivity index is 2.00. The van der Waals surface area contributed by atoms with Gasteiger partial charge in [-0.2, -0.15) is 5.10 Å². The molecule has 1 atom stereocenters. The first-order valence-corrected chi connectivity index (χ1v) is 13.0. The van der Waals surface area contributed by atoms with E-state index in [-0.39, 0.29) is 29.7 Å². The summed E-state index contributed by atoms with van der Waals surface area (Å²) in [7, 11) is 0.